The van der Waals surface area contributed by atoms with Crippen molar-refractivity contribution < 1.29 is 4.74 Å². The van der Waals surface area contributed by atoms with E-state index in [2.05, 4.69) is 108 Å². The Morgan fingerprint density at radius 3 is 2.05 bits per heavy atom. The zero-order chi connectivity index (χ0) is 26.2. The number of ether oxygens (including phenoxy) is 1. The molecule has 3 heterocycles. The zero-order valence-electron chi connectivity index (χ0n) is 21.3. The summed E-state index contributed by atoms with van der Waals surface area (Å²) in [5, 5.41) is 5.40. The second-order valence-electron chi connectivity index (χ2n) is 10.1. The highest BCUT2D eigenvalue weighted by Gasteiger charge is 2.25. The van der Waals surface area contributed by atoms with Crippen molar-refractivity contribution in [3.63, 3.8) is 0 Å². The topological polar surface area (TPSA) is 12.5 Å². The Balaban J connectivity index is 1.27. The van der Waals surface area contributed by atoms with Gasteiger partial charge in [-0.05, 0) is 59.7 Å². The van der Waals surface area contributed by atoms with Crippen LogP contribution in [0.3, 0.4) is 0 Å². The molecule has 0 atom stereocenters. The molecule has 1 aliphatic rings. The van der Waals surface area contributed by atoms with Crippen molar-refractivity contribution in [1.82, 2.24) is 0 Å². The molecule has 4 heteroatoms. The van der Waals surface area contributed by atoms with Gasteiger partial charge in [0.25, 0.3) is 0 Å². The third-order valence-electron chi connectivity index (χ3n) is 7.85. The van der Waals surface area contributed by atoms with Crippen LogP contribution in [0.4, 0.5) is 17.1 Å². The fourth-order valence-corrected chi connectivity index (χ4v) is 8.66. The molecule has 9 rings (SSSR count). The standard InChI is InChI=1S/C36H21NOS2/c1-6-18-32-27(11-1)34-33(39-32)20-19-26-25-13-8-12-24(35(25)40-36(26)34)22-9-7-10-23(21-22)37-28-14-2-4-16-30(28)38-31-17-5-3-15-29(31)37/h1-21H. The van der Waals surface area contributed by atoms with Crippen LogP contribution in [-0.2, 0) is 0 Å². The lowest BCUT2D eigenvalue weighted by molar-refractivity contribution is 0.477. The van der Waals surface area contributed by atoms with Crippen molar-refractivity contribution in [2.75, 3.05) is 4.90 Å². The van der Waals surface area contributed by atoms with Gasteiger partial charge >= 0.3 is 0 Å². The van der Waals surface area contributed by atoms with Crippen molar-refractivity contribution in [2.45, 2.75) is 0 Å². The van der Waals surface area contributed by atoms with E-state index in [9.17, 15) is 0 Å². The molecule has 0 N–H and O–H groups in total. The van der Waals surface area contributed by atoms with Gasteiger partial charge in [-0.2, -0.15) is 0 Å². The van der Waals surface area contributed by atoms with Gasteiger partial charge in [0.05, 0.1) is 11.4 Å². The van der Waals surface area contributed by atoms with Crippen LogP contribution < -0.4 is 9.64 Å². The number of hydrogen-bond donors (Lipinski definition) is 0. The highest BCUT2D eigenvalue weighted by Crippen LogP contribution is 2.51. The van der Waals surface area contributed by atoms with E-state index in [-0.39, 0.29) is 0 Å². The monoisotopic (exact) mass is 547 g/mol. The fraction of sp³-hybridized carbons (Fsp3) is 0. The molecule has 0 radical (unpaired) electrons. The molecule has 0 unspecified atom stereocenters. The Labute approximate surface area is 238 Å². The summed E-state index contributed by atoms with van der Waals surface area (Å²) in [6.45, 7) is 0. The van der Waals surface area contributed by atoms with Crippen LogP contribution in [0, 0.1) is 0 Å². The van der Waals surface area contributed by atoms with Gasteiger partial charge in [0.15, 0.2) is 11.5 Å². The third-order valence-corrected chi connectivity index (χ3v) is 10.3. The van der Waals surface area contributed by atoms with Crippen LogP contribution in [0.5, 0.6) is 11.5 Å². The molecule has 188 valence electrons. The van der Waals surface area contributed by atoms with Crippen molar-refractivity contribution in [3.8, 4) is 22.6 Å². The Morgan fingerprint density at radius 1 is 0.500 bits per heavy atom. The molecule has 2 nitrogen and oxygen atoms in total. The summed E-state index contributed by atoms with van der Waals surface area (Å²) in [7, 11) is 0. The van der Waals surface area contributed by atoms with Crippen molar-refractivity contribution in [2.24, 2.45) is 0 Å². The van der Waals surface area contributed by atoms with E-state index in [1.54, 1.807) is 0 Å². The molecule has 0 bridgehead atoms. The maximum atomic E-state index is 6.26. The van der Waals surface area contributed by atoms with E-state index < -0.39 is 0 Å². The van der Waals surface area contributed by atoms with E-state index in [4.69, 9.17) is 4.74 Å². The lowest BCUT2D eigenvalue weighted by Gasteiger charge is -2.33. The van der Waals surface area contributed by atoms with E-state index in [0.717, 1.165) is 28.6 Å². The van der Waals surface area contributed by atoms with Gasteiger partial charge < -0.3 is 9.64 Å². The van der Waals surface area contributed by atoms with Crippen molar-refractivity contribution >= 4 is 80.1 Å². The molecule has 40 heavy (non-hydrogen) atoms. The number of anilines is 3. The second-order valence-corrected chi connectivity index (χ2v) is 12.2. The van der Waals surface area contributed by atoms with E-state index in [1.807, 2.05) is 46.9 Å². The van der Waals surface area contributed by atoms with Gasteiger partial charge in [-0.1, -0.05) is 78.9 Å². The van der Waals surface area contributed by atoms with Crippen LogP contribution in [0.25, 0.3) is 51.5 Å². The van der Waals surface area contributed by atoms with Crippen molar-refractivity contribution in [3.05, 3.63) is 127 Å². The molecule has 0 saturated carbocycles. The number of rotatable bonds is 2. The molecule has 0 saturated heterocycles. The highest BCUT2D eigenvalue weighted by molar-refractivity contribution is 7.30. The van der Waals surface area contributed by atoms with Crippen LogP contribution in [0.1, 0.15) is 0 Å². The molecular formula is C36H21NOS2. The van der Waals surface area contributed by atoms with Gasteiger partial charge in [-0.15, -0.1) is 22.7 Å². The van der Waals surface area contributed by atoms with Gasteiger partial charge in [-0.3, -0.25) is 0 Å². The van der Waals surface area contributed by atoms with E-state index in [1.165, 1.54) is 51.5 Å². The molecule has 0 aliphatic carbocycles. The number of fused-ring (bicyclic) bond motifs is 9. The first kappa shape index (κ1) is 22.2. The summed E-state index contributed by atoms with van der Waals surface area (Å²) in [6.07, 6.45) is 0. The average Bonchev–Trinajstić information content (AvgIpc) is 3.58. The summed E-state index contributed by atoms with van der Waals surface area (Å²) in [4.78, 5) is 2.31. The van der Waals surface area contributed by atoms with E-state index in [0.29, 0.717) is 0 Å². The minimum atomic E-state index is 0.866. The lowest BCUT2D eigenvalue weighted by atomic mass is 10.0. The Kier molecular flexibility index (Phi) is 4.68. The third kappa shape index (κ3) is 3.15. The summed E-state index contributed by atoms with van der Waals surface area (Å²) in [6, 6.07) is 45.6. The van der Waals surface area contributed by atoms with Gasteiger partial charge in [0.2, 0.25) is 0 Å². The minimum Gasteiger partial charge on any atom is -0.453 e. The number of thiophene rings is 2. The first-order valence-corrected chi connectivity index (χ1v) is 15.0. The Bertz CT molecular complexity index is 2230. The molecule has 8 aromatic rings. The summed E-state index contributed by atoms with van der Waals surface area (Å²) >= 11 is 3.81. The molecule has 0 amide bonds. The molecule has 1 aliphatic heterocycles. The number of benzene rings is 6. The average molecular weight is 548 g/mol. The van der Waals surface area contributed by atoms with Crippen LogP contribution in [0.2, 0.25) is 0 Å². The summed E-state index contributed by atoms with van der Waals surface area (Å²) < 4.78 is 11.7. The number of para-hydroxylation sites is 4. The molecule has 2 aromatic heterocycles. The van der Waals surface area contributed by atoms with E-state index >= 15 is 0 Å². The predicted octanol–water partition coefficient (Wildman–Crippen LogP) is 11.7. The first-order valence-electron chi connectivity index (χ1n) is 13.4. The maximum Gasteiger partial charge on any atom is 0.151 e. The van der Waals surface area contributed by atoms with Crippen LogP contribution >= 0.6 is 22.7 Å². The summed E-state index contributed by atoms with van der Waals surface area (Å²) in [5.74, 6) is 1.73. The van der Waals surface area contributed by atoms with Crippen LogP contribution in [0.15, 0.2) is 127 Å². The molecule has 0 spiro atoms. The van der Waals surface area contributed by atoms with Crippen molar-refractivity contribution in [1.29, 1.82) is 0 Å². The Hall–Kier alpha value is -4.64. The zero-order valence-corrected chi connectivity index (χ0v) is 22.9. The molecule has 6 aromatic carbocycles. The van der Waals surface area contributed by atoms with Gasteiger partial charge in [0.1, 0.15) is 0 Å². The molecular weight excluding hydrogens is 527 g/mol. The molecule has 0 fully saturated rings. The maximum absolute atomic E-state index is 6.26. The summed E-state index contributed by atoms with van der Waals surface area (Å²) in [5.41, 5.74) is 5.69. The smallest absolute Gasteiger partial charge is 0.151 e. The fourth-order valence-electron chi connectivity index (χ4n) is 6.09. The number of hydrogen-bond acceptors (Lipinski definition) is 4. The van der Waals surface area contributed by atoms with Gasteiger partial charge in [0, 0.05) is 46.0 Å². The normalized spacial score (nSPS) is 12.7. The lowest BCUT2D eigenvalue weighted by Crippen LogP contribution is -2.15. The number of nitrogens with zero attached hydrogens (tertiary/aromatic N) is 1. The quantitative estimate of drug-likeness (QED) is 0.213. The largest absolute Gasteiger partial charge is 0.453 e. The first-order chi connectivity index (χ1) is 19.8. The Morgan fingerprint density at radius 2 is 1.20 bits per heavy atom. The van der Waals surface area contributed by atoms with Crippen LogP contribution in [-0.4, -0.2) is 0 Å². The van der Waals surface area contributed by atoms with Gasteiger partial charge in [-0.25, -0.2) is 0 Å². The SMILES string of the molecule is c1cc(-c2cccc3c2sc2c3ccc3sc4ccccc4c32)cc(N2c3ccccc3Oc3ccccc32)c1. The highest BCUT2D eigenvalue weighted by atomic mass is 32.1. The predicted molar refractivity (Wildman–Crippen MR) is 172 cm³/mol. The minimum absolute atomic E-state index is 0.866. The second kappa shape index (κ2) is 8.43.